The summed E-state index contributed by atoms with van der Waals surface area (Å²) in [5, 5.41) is 19.5. The Labute approximate surface area is 111 Å². The highest BCUT2D eigenvalue weighted by Crippen LogP contribution is 2.34. The van der Waals surface area contributed by atoms with Crippen molar-refractivity contribution in [3.05, 3.63) is 29.6 Å². The first-order valence-electron chi connectivity index (χ1n) is 6.16. The van der Waals surface area contributed by atoms with Gasteiger partial charge in [-0.05, 0) is 24.1 Å². The third kappa shape index (κ3) is 3.04. The highest BCUT2D eigenvalue weighted by Gasteiger charge is 2.41. The zero-order valence-electron chi connectivity index (χ0n) is 11.3. The Kier molecular flexibility index (Phi) is 4.89. The van der Waals surface area contributed by atoms with Gasteiger partial charge in [0.1, 0.15) is 0 Å². The third-order valence-corrected chi connectivity index (χ3v) is 3.39. The van der Waals surface area contributed by atoms with Crippen LogP contribution in [-0.4, -0.2) is 28.9 Å². The minimum atomic E-state index is -1.89. The third-order valence-electron chi connectivity index (χ3n) is 3.39. The lowest BCUT2D eigenvalue weighted by Crippen LogP contribution is -2.43. The Morgan fingerprint density at radius 2 is 2.16 bits per heavy atom. The number of methoxy groups -OCH3 is 1. The van der Waals surface area contributed by atoms with Crippen LogP contribution in [-0.2, 0) is 4.79 Å². The SMILES string of the molecule is CCCC(O)(C(=O)O)C(C)c1ccc(OC)c(F)c1. The van der Waals surface area contributed by atoms with E-state index in [2.05, 4.69) is 0 Å². The van der Waals surface area contributed by atoms with Crippen LogP contribution in [0.4, 0.5) is 4.39 Å². The number of ether oxygens (including phenoxy) is 1. The number of halogens is 1. The Morgan fingerprint density at radius 3 is 2.58 bits per heavy atom. The summed E-state index contributed by atoms with van der Waals surface area (Å²) in [6, 6.07) is 4.19. The second kappa shape index (κ2) is 6.02. The fourth-order valence-electron chi connectivity index (χ4n) is 2.12. The molecule has 0 bridgehead atoms. The standard InChI is InChI=1S/C14H19FO4/c1-4-7-14(18,13(16)17)9(2)10-5-6-12(19-3)11(15)8-10/h5-6,8-9,18H,4,7H2,1-3H3,(H,16,17). The fraction of sp³-hybridized carbons (Fsp3) is 0.500. The van der Waals surface area contributed by atoms with Crippen LogP contribution < -0.4 is 4.74 Å². The molecule has 0 saturated carbocycles. The smallest absolute Gasteiger partial charge is 0.336 e. The molecule has 106 valence electrons. The Morgan fingerprint density at radius 1 is 1.53 bits per heavy atom. The maximum atomic E-state index is 13.6. The van der Waals surface area contributed by atoms with Crippen molar-refractivity contribution in [2.45, 2.75) is 38.2 Å². The van der Waals surface area contributed by atoms with Gasteiger partial charge in [0.15, 0.2) is 17.2 Å². The molecule has 0 aromatic heterocycles. The molecule has 0 heterocycles. The summed E-state index contributed by atoms with van der Waals surface area (Å²) in [7, 11) is 1.35. The number of rotatable bonds is 6. The number of carboxylic acid groups (broad SMARTS) is 1. The number of aliphatic hydroxyl groups is 1. The monoisotopic (exact) mass is 270 g/mol. The molecule has 5 heteroatoms. The lowest BCUT2D eigenvalue weighted by atomic mass is 9.80. The summed E-state index contributed by atoms with van der Waals surface area (Å²) in [5.74, 6) is -2.50. The number of hydrogen-bond donors (Lipinski definition) is 2. The Balaban J connectivity index is 3.13. The maximum absolute atomic E-state index is 13.6. The van der Waals surface area contributed by atoms with Crippen LogP contribution in [0.15, 0.2) is 18.2 Å². The summed E-state index contributed by atoms with van der Waals surface area (Å²) in [5.41, 5.74) is -1.47. The van der Waals surface area contributed by atoms with Gasteiger partial charge >= 0.3 is 5.97 Å². The van der Waals surface area contributed by atoms with E-state index in [9.17, 15) is 19.4 Å². The molecular formula is C14H19FO4. The van der Waals surface area contributed by atoms with Crippen molar-refractivity contribution in [2.24, 2.45) is 0 Å². The molecule has 1 aromatic carbocycles. The maximum Gasteiger partial charge on any atom is 0.336 e. The molecule has 0 spiro atoms. The molecule has 0 radical (unpaired) electrons. The van der Waals surface area contributed by atoms with E-state index in [1.807, 2.05) is 0 Å². The number of carbonyl (C=O) groups is 1. The zero-order chi connectivity index (χ0) is 14.6. The highest BCUT2D eigenvalue weighted by molar-refractivity contribution is 5.78. The first-order chi connectivity index (χ1) is 8.86. The molecule has 0 fully saturated rings. The minimum absolute atomic E-state index is 0.0882. The topological polar surface area (TPSA) is 66.8 Å². The average molecular weight is 270 g/mol. The van der Waals surface area contributed by atoms with E-state index >= 15 is 0 Å². The molecule has 0 amide bonds. The van der Waals surface area contributed by atoms with Crippen molar-refractivity contribution in [1.29, 1.82) is 0 Å². The molecule has 0 aliphatic carbocycles. The van der Waals surface area contributed by atoms with Gasteiger partial charge in [-0.2, -0.15) is 0 Å². The summed E-state index contributed by atoms with van der Waals surface area (Å²) in [4.78, 5) is 11.3. The number of hydrogen-bond acceptors (Lipinski definition) is 3. The van der Waals surface area contributed by atoms with E-state index < -0.39 is 23.3 Å². The lowest BCUT2D eigenvalue weighted by molar-refractivity contribution is -0.161. The molecular weight excluding hydrogens is 251 g/mol. The molecule has 2 atom stereocenters. The lowest BCUT2D eigenvalue weighted by Gasteiger charge is -2.30. The van der Waals surface area contributed by atoms with Crippen molar-refractivity contribution in [3.63, 3.8) is 0 Å². The van der Waals surface area contributed by atoms with E-state index in [0.717, 1.165) is 0 Å². The van der Waals surface area contributed by atoms with Crippen LogP contribution in [0.5, 0.6) is 5.75 Å². The summed E-state index contributed by atoms with van der Waals surface area (Å²) >= 11 is 0. The van der Waals surface area contributed by atoms with Gasteiger partial charge in [0, 0.05) is 5.92 Å². The summed E-state index contributed by atoms with van der Waals surface area (Å²) in [6.45, 7) is 3.36. The normalized spacial score (nSPS) is 15.6. The van der Waals surface area contributed by atoms with Crippen LogP contribution in [0.25, 0.3) is 0 Å². The molecule has 0 aliphatic heterocycles. The van der Waals surface area contributed by atoms with E-state index in [0.29, 0.717) is 12.0 Å². The molecule has 4 nitrogen and oxygen atoms in total. The first-order valence-corrected chi connectivity index (χ1v) is 6.16. The fourth-order valence-corrected chi connectivity index (χ4v) is 2.12. The van der Waals surface area contributed by atoms with Crippen molar-refractivity contribution in [2.75, 3.05) is 7.11 Å². The van der Waals surface area contributed by atoms with E-state index in [-0.39, 0.29) is 12.2 Å². The highest BCUT2D eigenvalue weighted by atomic mass is 19.1. The van der Waals surface area contributed by atoms with E-state index in [1.165, 1.54) is 19.2 Å². The van der Waals surface area contributed by atoms with Gasteiger partial charge in [0.2, 0.25) is 0 Å². The zero-order valence-corrected chi connectivity index (χ0v) is 11.3. The minimum Gasteiger partial charge on any atom is -0.494 e. The molecule has 2 unspecified atom stereocenters. The molecule has 0 saturated heterocycles. The quantitative estimate of drug-likeness (QED) is 0.833. The van der Waals surface area contributed by atoms with Gasteiger partial charge in [-0.1, -0.05) is 26.3 Å². The van der Waals surface area contributed by atoms with E-state index in [4.69, 9.17) is 4.74 Å². The van der Waals surface area contributed by atoms with Gasteiger partial charge in [-0.15, -0.1) is 0 Å². The molecule has 0 aliphatic rings. The van der Waals surface area contributed by atoms with Crippen molar-refractivity contribution in [1.82, 2.24) is 0 Å². The van der Waals surface area contributed by atoms with Crippen LogP contribution in [0.3, 0.4) is 0 Å². The summed E-state index contributed by atoms with van der Waals surface area (Å²) < 4.78 is 18.4. The van der Waals surface area contributed by atoms with Gasteiger partial charge in [0.25, 0.3) is 0 Å². The average Bonchev–Trinajstić information content (AvgIpc) is 2.37. The van der Waals surface area contributed by atoms with Crippen LogP contribution >= 0.6 is 0 Å². The Hall–Kier alpha value is -1.62. The number of aliphatic carboxylic acids is 1. The second-order valence-corrected chi connectivity index (χ2v) is 4.60. The molecule has 1 aromatic rings. The van der Waals surface area contributed by atoms with Crippen LogP contribution in [0.2, 0.25) is 0 Å². The van der Waals surface area contributed by atoms with E-state index in [1.54, 1.807) is 19.9 Å². The number of benzene rings is 1. The molecule has 1 rings (SSSR count). The second-order valence-electron chi connectivity index (χ2n) is 4.60. The largest absolute Gasteiger partial charge is 0.494 e. The van der Waals surface area contributed by atoms with Gasteiger partial charge in [-0.25, -0.2) is 9.18 Å². The van der Waals surface area contributed by atoms with Gasteiger partial charge < -0.3 is 14.9 Å². The first kappa shape index (κ1) is 15.4. The predicted molar refractivity (Wildman–Crippen MR) is 68.9 cm³/mol. The van der Waals surface area contributed by atoms with Gasteiger partial charge in [-0.3, -0.25) is 0 Å². The summed E-state index contributed by atoms with van der Waals surface area (Å²) in [6.07, 6.45) is 0.628. The van der Waals surface area contributed by atoms with Crippen molar-refractivity contribution >= 4 is 5.97 Å². The van der Waals surface area contributed by atoms with Crippen LogP contribution in [0, 0.1) is 5.82 Å². The van der Waals surface area contributed by atoms with Crippen molar-refractivity contribution in [3.8, 4) is 5.75 Å². The Bertz CT molecular complexity index is 461. The molecule has 2 N–H and O–H groups in total. The molecule has 19 heavy (non-hydrogen) atoms. The van der Waals surface area contributed by atoms with Crippen molar-refractivity contribution < 1.29 is 24.1 Å². The number of carboxylic acids is 1. The van der Waals surface area contributed by atoms with Crippen LogP contribution in [0.1, 0.15) is 38.2 Å². The predicted octanol–water partition coefficient (Wildman–Crippen LogP) is 2.55. The van der Waals surface area contributed by atoms with Gasteiger partial charge in [0.05, 0.1) is 7.11 Å².